The van der Waals surface area contributed by atoms with Crippen molar-refractivity contribution in [1.29, 1.82) is 0 Å². The molecule has 2 aromatic rings. The summed E-state index contributed by atoms with van der Waals surface area (Å²) in [6, 6.07) is 8.45. The lowest BCUT2D eigenvalue weighted by Gasteiger charge is -2.28. The first-order chi connectivity index (χ1) is 12.4. The summed E-state index contributed by atoms with van der Waals surface area (Å²) in [7, 11) is 0. The molecular formula is C19H16Cl2O5. The second kappa shape index (κ2) is 7.56. The number of carbonyl (C=O) groups excluding carboxylic acids is 1. The van der Waals surface area contributed by atoms with E-state index in [1.807, 2.05) is 6.92 Å². The van der Waals surface area contributed by atoms with Gasteiger partial charge in [-0.2, -0.15) is 0 Å². The minimum Gasteiger partial charge on any atom is -0.492 e. The Morgan fingerprint density at radius 1 is 1.31 bits per heavy atom. The number of carboxylic acid groups (broad SMARTS) is 1. The van der Waals surface area contributed by atoms with Crippen molar-refractivity contribution in [1.82, 2.24) is 0 Å². The largest absolute Gasteiger partial charge is 0.492 e. The molecule has 1 aliphatic heterocycles. The van der Waals surface area contributed by atoms with Gasteiger partial charge in [-0.05, 0) is 36.8 Å². The van der Waals surface area contributed by atoms with Gasteiger partial charge in [0.1, 0.15) is 17.6 Å². The number of hydrogen-bond acceptors (Lipinski definition) is 4. The van der Waals surface area contributed by atoms with Crippen molar-refractivity contribution in [2.75, 3.05) is 6.61 Å². The quantitative estimate of drug-likeness (QED) is 0.783. The number of carbonyl (C=O) groups is 2. The van der Waals surface area contributed by atoms with Crippen LogP contribution in [0.3, 0.4) is 0 Å². The van der Waals surface area contributed by atoms with Gasteiger partial charge in [-0.15, -0.1) is 0 Å². The molecule has 0 saturated heterocycles. The van der Waals surface area contributed by atoms with Crippen LogP contribution in [0.5, 0.6) is 11.5 Å². The van der Waals surface area contributed by atoms with Crippen LogP contribution in [0.2, 0.25) is 10.0 Å². The zero-order chi connectivity index (χ0) is 18.8. The maximum Gasteiger partial charge on any atom is 0.306 e. The van der Waals surface area contributed by atoms with Crippen LogP contribution in [0.15, 0.2) is 30.3 Å². The molecule has 1 atom stereocenters. The van der Waals surface area contributed by atoms with Crippen molar-refractivity contribution in [3.63, 3.8) is 0 Å². The van der Waals surface area contributed by atoms with Crippen LogP contribution in [0.1, 0.15) is 40.4 Å². The minimum absolute atomic E-state index is 0.0142. The zero-order valence-corrected chi connectivity index (χ0v) is 15.4. The van der Waals surface area contributed by atoms with Gasteiger partial charge in [-0.1, -0.05) is 29.3 Å². The predicted molar refractivity (Wildman–Crippen MR) is 97.7 cm³/mol. The number of ether oxygens (including phenoxy) is 2. The van der Waals surface area contributed by atoms with Crippen LogP contribution < -0.4 is 9.47 Å². The number of aliphatic carboxylic acids is 1. The number of aryl methyl sites for hydroxylation is 1. The number of Topliss-reactive ketones (excluding diaryl/α,β-unsaturated/α-hetero) is 1. The van der Waals surface area contributed by atoms with E-state index in [9.17, 15) is 9.59 Å². The Hall–Kier alpha value is -2.24. The van der Waals surface area contributed by atoms with Crippen molar-refractivity contribution in [2.24, 2.45) is 0 Å². The molecule has 26 heavy (non-hydrogen) atoms. The maximum absolute atomic E-state index is 12.5. The van der Waals surface area contributed by atoms with Crippen LogP contribution in [0.25, 0.3) is 0 Å². The summed E-state index contributed by atoms with van der Waals surface area (Å²) >= 11 is 12.4. The van der Waals surface area contributed by atoms with Gasteiger partial charge in [0.05, 0.1) is 30.0 Å². The summed E-state index contributed by atoms with van der Waals surface area (Å²) in [5.74, 6) is -0.299. The van der Waals surface area contributed by atoms with E-state index in [0.29, 0.717) is 32.7 Å². The van der Waals surface area contributed by atoms with Gasteiger partial charge < -0.3 is 14.6 Å². The Morgan fingerprint density at radius 2 is 2.08 bits per heavy atom. The summed E-state index contributed by atoms with van der Waals surface area (Å²) in [5.41, 5.74) is 1.89. The first-order valence-electron chi connectivity index (χ1n) is 8.00. The van der Waals surface area contributed by atoms with Crippen molar-refractivity contribution in [3.8, 4) is 11.5 Å². The van der Waals surface area contributed by atoms with Crippen molar-refractivity contribution >= 4 is 35.0 Å². The van der Waals surface area contributed by atoms with E-state index in [-0.39, 0.29) is 25.2 Å². The standard InChI is InChI=1S/C19H16Cl2O5/c1-10-7-12(16(8-14(10)21)25-6-5-18(23)24)17-9-15(22)11-3-2-4-13(20)19(11)26-17/h2-4,7-8,17H,5-6,9H2,1H3,(H,23,24). The number of ketones is 1. The fourth-order valence-electron chi connectivity index (χ4n) is 2.79. The fourth-order valence-corrected chi connectivity index (χ4v) is 3.17. The molecule has 3 rings (SSSR count). The lowest BCUT2D eigenvalue weighted by atomic mass is 9.95. The Balaban J connectivity index is 1.95. The highest BCUT2D eigenvalue weighted by molar-refractivity contribution is 6.33. The number of halogens is 2. The third-order valence-corrected chi connectivity index (χ3v) is 4.81. The molecule has 0 aromatic heterocycles. The van der Waals surface area contributed by atoms with Gasteiger partial charge in [0.15, 0.2) is 5.78 Å². The van der Waals surface area contributed by atoms with Gasteiger partial charge >= 0.3 is 5.97 Å². The van der Waals surface area contributed by atoms with Crippen molar-refractivity contribution in [3.05, 3.63) is 57.1 Å². The molecule has 1 aliphatic rings. The second-order valence-electron chi connectivity index (χ2n) is 5.98. The molecular weight excluding hydrogens is 379 g/mol. The minimum atomic E-state index is -0.963. The number of para-hydroxylation sites is 1. The van der Waals surface area contributed by atoms with Crippen molar-refractivity contribution < 1.29 is 24.2 Å². The highest BCUT2D eigenvalue weighted by Crippen LogP contribution is 2.42. The Morgan fingerprint density at radius 3 is 2.81 bits per heavy atom. The molecule has 2 aromatic carbocycles. The van der Waals surface area contributed by atoms with Gasteiger partial charge in [0, 0.05) is 10.6 Å². The number of rotatable bonds is 5. The molecule has 136 valence electrons. The fraction of sp³-hybridized carbons (Fsp3) is 0.263. The highest BCUT2D eigenvalue weighted by atomic mass is 35.5. The molecule has 0 aliphatic carbocycles. The van der Waals surface area contributed by atoms with Gasteiger partial charge in [-0.3, -0.25) is 9.59 Å². The Labute approximate surface area is 160 Å². The lowest BCUT2D eigenvalue weighted by Crippen LogP contribution is -2.21. The molecule has 1 heterocycles. The van der Waals surface area contributed by atoms with Gasteiger partial charge in [0.25, 0.3) is 0 Å². The number of fused-ring (bicyclic) bond motifs is 1. The third kappa shape index (κ3) is 3.79. The van der Waals surface area contributed by atoms with Gasteiger partial charge in [-0.25, -0.2) is 0 Å². The smallest absolute Gasteiger partial charge is 0.306 e. The SMILES string of the molecule is Cc1cc(C2CC(=O)c3cccc(Cl)c3O2)c(OCCC(=O)O)cc1Cl. The van der Waals surface area contributed by atoms with Crippen LogP contribution in [-0.2, 0) is 4.79 Å². The maximum atomic E-state index is 12.5. The monoisotopic (exact) mass is 394 g/mol. The van der Waals surface area contributed by atoms with E-state index >= 15 is 0 Å². The van der Waals surface area contributed by atoms with Crippen LogP contribution >= 0.6 is 23.2 Å². The molecule has 1 unspecified atom stereocenters. The summed E-state index contributed by atoms with van der Waals surface area (Å²) in [6.07, 6.45) is -0.612. The number of carboxylic acids is 1. The Kier molecular flexibility index (Phi) is 5.39. The van der Waals surface area contributed by atoms with E-state index in [0.717, 1.165) is 5.56 Å². The highest BCUT2D eigenvalue weighted by Gasteiger charge is 2.31. The first kappa shape index (κ1) is 18.5. The van der Waals surface area contributed by atoms with Crippen molar-refractivity contribution in [2.45, 2.75) is 25.9 Å². The van der Waals surface area contributed by atoms with Gasteiger partial charge in [0.2, 0.25) is 0 Å². The predicted octanol–water partition coefficient (Wildman–Crippen LogP) is 4.86. The van der Waals surface area contributed by atoms with Crippen LogP contribution in [0, 0.1) is 6.92 Å². The summed E-state index contributed by atoms with van der Waals surface area (Å²) in [6.45, 7) is 1.82. The van der Waals surface area contributed by atoms with Crippen LogP contribution in [-0.4, -0.2) is 23.5 Å². The molecule has 0 radical (unpaired) electrons. The summed E-state index contributed by atoms with van der Waals surface area (Å²) in [4.78, 5) is 23.2. The molecule has 1 N–H and O–H groups in total. The number of benzene rings is 2. The van der Waals surface area contributed by atoms with E-state index in [4.69, 9.17) is 37.8 Å². The summed E-state index contributed by atoms with van der Waals surface area (Å²) < 4.78 is 11.6. The topological polar surface area (TPSA) is 72.8 Å². The average molecular weight is 395 g/mol. The molecule has 0 bridgehead atoms. The molecule has 0 fully saturated rings. The van der Waals surface area contributed by atoms with E-state index < -0.39 is 12.1 Å². The second-order valence-corrected chi connectivity index (χ2v) is 6.80. The third-order valence-electron chi connectivity index (χ3n) is 4.11. The molecule has 0 amide bonds. The summed E-state index contributed by atoms with van der Waals surface area (Å²) in [5, 5.41) is 9.64. The molecule has 0 spiro atoms. The zero-order valence-electron chi connectivity index (χ0n) is 13.9. The van der Waals surface area contributed by atoms with E-state index in [2.05, 4.69) is 0 Å². The van der Waals surface area contributed by atoms with E-state index in [1.165, 1.54) is 0 Å². The molecule has 5 nitrogen and oxygen atoms in total. The Bertz CT molecular complexity index is 878. The number of hydrogen-bond donors (Lipinski definition) is 1. The average Bonchev–Trinajstić information content (AvgIpc) is 2.58. The van der Waals surface area contributed by atoms with Crippen LogP contribution in [0.4, 0.5) is 0 Å². The molecule has 0 saturated carbocycles. The van der Waals surface area contributed by atoms with E-state index in [1.54, 1.807) is 30.3 Å². The lowest BCUT2D eigenvalue weighted by molar-refractivity contribution is -0.137. The normalized spacial score (nSPS) is 16.0. The molecule has 7 heteroatoms. The first-order valence-corrected chi connectivity index (χ1v) is 8.75.